The second-order valence-corrected chi connectivity index (χ2v) is 9.17. The van der Waals surface area contributed by atoms with E-state index in [-0.39, 0.29) is 12.3 Å². The van der Waals surface area contributed by atoms with Crippen LogP contribution in [0.1, 0.15) is 36.3 Å². The van der Waals surface area contributed by atoms with Crippen molar-refractivity contribution in [1.82, 2.24) is 4.90 Å². The third-order valence-corrected chi connectivity index (χ3v) is 7.10. The summed E-state index contributed by atoms with van der Waals surface area (Å²) in [5.74, 6) is -2.32. The molecule has 3 aromatic carbocycles. The Morgan fingerprint density at radius 1 is 1.00 bits per heavy atom. The number of hydrogen-bond acceptors (Lipinski definition) is 4. The molecule has 7 heteroatoms. The number of aliphatic hydroxyl groups excluding tert-OH is 1. The highest BCUT2D eigenvalue weighted by molar-refractivity contribution is 5.89. The number of aliphatic hydroxyl groups is 1. The average molecular weight is 463 g/mol. The molecule has 34 heavy (non-hydrogen) atoms. The number of likely N-dealkylation sites (tertiary alicyclic amines) is 1. The molecule has 5 rings (SSSR count). The number of benzene rings is 3. The fourth-order valence-electron chi connectivity index (χ4n) is 5.38. The number of hydrogen-bond donors (Lipinski definition) is 2. The van der Waals surface area contributed by atoms with Gasteiger partial charge in [0.2, 0.25) is 5.91 Å². The highest BCUT2D eigenvalue weighted by Gasteiger charge is 2.44. The van der Waals surface area contributed by atoms with Crippen molar-refractivity contribution in [1.29, 1.82) is 0 Å². The molecule has 2 unspecified atom stereocenters. The Hall–Kier alpha value is -3.45. The van der Waals surface area contributed by atoms with Crippen LogP contribution in [-0.2, 0) is 16.1 Å². The van der Waals surface area contributed by atoms with E-state index in [2.05, 4.69) is 0 Å². The second kappa shape index (κ2) is 9.06. The van der Waals surface area contributed by atoms with Crippen LogP contribution in [0.4, 0.5) is 10.1 Å². The number of halogens is 1. The van der Waals surface area contributed by atoms with Gasteiger partial charge in [0, 0.05) is 37.7 Å². The summed E-state index contributed by atoms with van der Waals surface area (Å²) in [6, 6.07) is 17.2. The van der Waals surface area contributed by atoms with Gasteiger partial charge in [-0.25, -0.2) is 9.18 Å². The van der Waals surface area contributed by atoms with Crippen LogP contribution < -0.4 is 4.90 Å². The van der Waals surface area contributed by atoms with E-state index in [1.807, 2.05) is 42.5 Å². The van der Waals surface area contributed by atoms with Crippen LogP contribution in [0.3, 0.4) is 0 Å². The van der Waals surface area contributed by atoms with Gasteiger partial charge >= 0.3 is 5.97 Å². The lowest BCUT2D eigenvalue weighted by molar-refractivity contribution is -0.139. The summed E-state index contributed by atoms with van der Waals surface area (Å²) in [4.78, 5) is 29.1. The Kier molecular flexibility index (Phi) is 5.96. The van der Waals surface area contributed by atoms with Crippen molar-refractivity contribution in [3.8, 4) is 0 Å². The molecule has 2 aliphatic heterocycles. The molecule has 0 spiro atoms. The summed E-state index contributed by atoms with van der Waals surface area (Å²) >= 11 is 0. The van der Waals surface area contributed by atoms with Crippen LogP contribution in [0, 0.1) is 5.82 Å². The monoisotopic (exact) mass is 462 g/mol. The first kappa shape index (κ1) is 22.3. The summed E-state index contributed by atoms with van der Waals surface area (Å²) in [7, 11) is 0. The molecule has 2 atom stereocenters. The van der Waals surface area contributed by atoms with Gasteiger partial charge in [0.15, 0.2) is 0 Å². The maximum atomic E-state index is 14.3. The summed E-state index contributed by atoms with van der Waals surface area (Å²) in [6.07, 6.45) is 0.595. The van der Waals surface area contributed by atoms with E-state index in [9.17, 15) is 24.2 Å². The Balaban J connectivity index is 1.50. The molecule has 3 aromatic rings. The maximum absolute atomic E-state index is 14.3. The van der Waals surface area contributed by atoms with E-state index in [1.54, 1.807) is 15.9 Å². The number of piperidine rings is 1. The molecule has 2 aliphatic rings. The minimum absolute atomic E-state index is 0.0183. The zero-order chi connectivity index (χ0) is 23.8. The quantitative estimate of drug-likeness (QED) is 0.601. The third kappa shape index (κ3) is 4.12. The van der Waals surface area contributed by atoms with Gasteiger partial charge in [0.25, 0.3) is 0 Å². The standard InChI is InChI=1S/C27H27FN2O4/c28-19-8-9-24-22(14-19)23(15-25(32)29-12-10-20(31)11-13-29)26(27(33)34)30(24)16-18-6-3-5-17-4-1-2-7-21(17)18/h1-9,14,20,23,26,31H,10-13,15-16H2,(H,33,34). The van der Waals surface area contributed by atoms with Crippen LogP contribution in [0.2, 0.25) is 0 Å². The van der Waals surface area contributed by atoms with Crippen molar-refractivity contribution in [2.75, 3.05) is 18.0 Å². The molecular weight excluding hydrogens is 435 g/mol. The van der Waals surface area contributed by atoms with Crippen molar-refractivity contribution in [3.05, 3.63) is 77.6 Å². The van der Waals surface area contributed by atoms with Gasteiger partial charge in [-0.1, -0.05) is 42.5 Å². The van der Waals surface area contributed by atoms with E-state index >= 15 is 0 Å². The Morgan fingerprint density at radius 2 is 1.74 bits per heavy atom. The number of carboxylic acids is 1. The number of carboxylic acid groups (broad SMARTS) is 1. The SMILES string of the molecule is O=C(O)C1C(CC(=O)N2CCC(O)CC2)c2cc(F)ccc2N1Cc1cccc2ccccc12. The minimum atomic E-state index is -1.04. The minimum Gasteiger partial charge on any atom is -0.480 e. The first-order chi connectivity index (χ1) is 16.4. The summed E-state index contributed by atoms with van der Waals surface area (Å²) in [6.45, 7) is 1.22. The predicted octanol–water partition coefficient (Wildman–Crippen LogP) is 3.91. The Morgan fingerprint density at radius 3 is 2.50 bits per heavy atom. The van der Waals surface area contributed by atoms with E-state index in [0.717, 1.165) is 16.3 Å². The summed E-state index contributed by atoms with van der Waals surface area (Å²) in [5.41, 5.74) is 2.17. The lowest BCUT2D eigenvalue weighted by Crippen LogP contribution is -2.44. The molecule has 1 fully saturated rings. The van der Waals surface area contributed by atoms with Gasteiger partial charge < -0.3 is 20.0 Å². The van der Waals surface area contributed by atoms with Crippen molar-refractivity contribution in [2.24, 2.45) is 0 Å². The average Bonchev–Trinajstić information content (AvgIpc) is 3.12. The van der Waals surface area contributed by atoms with Gasteiger partial charge in [-0.2, -0.15) is 0 Å². The number of anilines is 1. The first-order valence-electron chi connectivity index (χ1n) is 11.6. The molecule has 1 saturated heterocycles. The molecule has 1 amide bonds. The number of carbonyl (C=O) groups excluding carboxylic acids is 1. The van der Waals surface area contributed by atoms with Crippen LogP contribution in [0.5, 0.6) is 0 Å². The zero-order valence-electron chi connectivity index (χ0n) is 18.7. The predicted molar refractivity (Wildman–Crippen MR) is 127 cm³/mol. The fourth-order valence-corrected chi connectivity index (χ4v) is 5.38. The fraction of sp³-hybridized carbons (Fsp3) is 0.333. The number of aliphatic carboxylic acids is 1. The molecular formula is C27H27FN2O4. The van der Waals surface area contributed by atoms with Crippen molar-refractivity contribution >= 4 is 28.3 Å². The lowest BCUT2D eigenvalue weighted by atomic mass is 9.90. The highest BCUT2D eigenvalue weighted by atomic mass is 19.1. The van der Waals surface area contributed by atoms with Crippen molar-refractivity contribution in [2.45, 2.75) is 43.9 Å². The Labute approximate surface area is 197 Å². The Bertz CT molecular complexity index is 1230. The van der Waals surface area contributed by atoms with E-state index in [1.165, 1.54) is 12.1 Å². The number of nitrogens with zero attached hydrogens (tertiary/aromatic N) is 2. The van der Waals surface area contributed by atoms with Gasteiger partial charge in [-0.05, 0) is 52.9 Å². The largest absolute Gasteiger partial charge is 0.480 e. The molecule has 0 aliphatic carbocycles. The summed E-state index contributed by atoms with van der Waals surface area (Å²) in [5, 5.41) is 22.1. The third-order valence-electron chi connectivity index (χ3n) is 7.10. The zero-order valence-corrected chi connectivity index (χ0v) is 18.7. The van der Waals surface area contributed by atoms with Crippen LogP contribution >= 0.6 is 0 Å². The van der Waals surface area contributed by atoms with Crippen molar-refractivity contribution < 1.29 is 24.2 Å². The molecule has 0 bridgehead atoms. The van der Waals surface area contributed by atoms with Gasteiger partial charge in [-0.3, -0.25) is 4.79 Å². The summed E-state index contributed by atoms with van der Waals surface area (Å²) < 4.78 is 14.3. The van der Waals surface area contributed by atoms with E-state index < -0.39 is 29.9 Å². The molecule has 2 N–H and O–H groups in total. The van der Waals surface area contributed by atoms with Gasteiger partial charge in [-0.15, -0.1) is 0 Å². The maximum Gasteiger partial charge on any atom is 0.327 e. The lowest BCUT2D eigenvalue weighted by Gasteiger charge is -2.32. The number of fused-ring (bicyclic) bond motifs is 2. The van der Waals surface area contributed by atoms with Crippen LogP contribution in [-0.4, -0.2) is 52.2 Å². The van der Waals surface area contributed by atoms with Crippen LogP contribution in [0.25, 0.3) is 10.8 Å². The second-order valence-electron chi connectivity index (χ2n) is 9.17. The molecule has 6 nitrogen and oxygen atoms in total. The number of rotatable bonds is 5. The van der Waals surface area contributed by atoms with E-state index in [0.29, 0.717) is 43.7 Å². The molecule has 0 saturated carbocycles. The van der Waals surface area contributed by atoms with Gasteiger partial charge in [0.05, 0.1) is 6.10 Å². The highest BCUT2D eigenvalue weighted by Crippen LogP contribution is 2.45. The molecule has 0 radical (unpaired) electrons. The normalized spacial score (nSPS) is 20.5. The van der Waals surface area contributed by atoms with E-state index in [4.69, 9.17) is 0 Å². The van der Waals surface area contributed by atoms with Crippen molar-refractivity contribution in [3.63, 3.8) is 0 Å². The topological polar surface area (TPSA) is 81.1 Å². The molecule has 0 aromatic heterocycles. The smallest absolute Gasteiger partial charge is 0.327 e. The van der Waals surface area contributed by atoms with Gasteiger partial charge in [0.1, 0.15) is 11.9 Å². The first-order valence-corrected chi connectivity index (χ1v) is 11.6. The van der Waals surface area contributed by atoms with Crippen LogP contribution in [0.15, 0.2) is 60.7 Å². The number of amides is 1. The molecule has 176 valence electrons. The number of carbonyl (C=O) groups is 2. The molecule has 2 heterocycles.